The number of aromatic nitrogens is 1. The monoisotopic (exact) mass is 400 g/mol. The molecule has 1 aromatic carbocycles. The number of ether oxygens (including phenoxy) is 1. The van der Waals surface area contributed by atoms with Crippen molar-refractivity contribution in [2.45, 2.75) is 45.3 Å². The number of nitrogens with one attached hydrogen (secondary N) is 1. The third-order valence-electron chi connectivity index (χ3n) is 4.45. The van der Waals surface area contributed by atoms with Crippen molar-refractivity contribution in [3.63, 3.8) is 0 Å². The minimum atomic E-state index is -0.897. The highest BCUT2D eigenvalue weighted by Gasteiger charge is 2.40. The van der Waals surface area contributed by atoms with Crippen LogP contribution in [0.25, 0.3) is 11.3 Å². The van der Waals surface area contributed by atoms with Crippen molar-refractivity contribution in [1.82, 2.24) is 15.5 Å². The molecular formula is C20H24N4O5. The van der Waals surface area contributed by atoms with E-state index in [1.165, 1.54) is 0 Å². The maximum absolute atomic E-state index is 12.3. The van der Waals surface area contributed by atoms with Crippen LogP contribution in [0.4, 0.5) is 4.79 Å². The third kappa shape index (κ3) is 5.00. The van der Waals surface area contributed by atoms with Gasteiger partial charge in [0.2, 0.25) is 5.91 Å². The molecule has 0 radical (unpaired) electrons. The topological polar surface area (TPSA) is 128 Å². The van der Waals surface area contributed by atoms with Crippen molar-refractivity contribution in [1.29, 1.82) is 0 Å². The molecule has 154 valence electrons. The Morgan fingerprint density at radius 3 is 2.48 bits per heavy atom. The van der Waals surface area contributed by atoms with Gasteiger partial charge in [0.15, 0.2) is 11.5 Å². The summed E-state index contributed by atoms with van der Waals surface area (Å²) in [4.78, 5) is 36.5. The molecule has 1 fully saturated rings. The molecule has 1 heterocycles. The van der Waals surface area contributed by atoms with Crippen molar-refractivity contribution in [2.75, 3.05) is 0 Å². The first kappa shape index (κ1) is 20.5. The second-order valence-electron chi connectivity index (χ2n) is 7.97. The van der Waals surface area contributed by atoms with Gasteiger partial charge in [0.25, 0.3) is 5.91 Å². The SMILES string of the molecule is CC(C)(C)OC(=O)N(N)C(=O)C1CC(NC(=O)c2cc(-c3ccccc3)on2)C1. The first-order chi connectivity index (χ1) is 13.6. The highest BCUT2D eigenvalue weighted by atomic mass is 16.6. The van der Waals surface area contributed by atoms with E-state index in [0.29, 0.717) is 23.6 Å². The molecule has 1 saturated carbocycles. The first-order valence-electron chi connectivity index (χ1n) is 9.28. The van der Waals surface area contributed by atoms with Crippen LogP contribution in [0.2, 0.25) is 0 Å². The molecule has 2 aromatic rings. The number of imide groups is 1. The molecule has 1 aliphatic carbocycles. The maximum Gasteiger partial charge on any atom is 0.431 e. The minimum absolute atomic E-state index is 0.160. The highest BCUT2D eigenvalue weighted by molar-refractivity contribution is 5.95. The van der Waals surface area contributed by atoms with Gasteiger partial charge in [0.1, 0.15) is 5.60 Å². The van der Waals surface area contributed by atoms with Gasteiger partial charge in [0, 0.05) is 23.6 Å². The molecule has 0 saturated heterocycles. The predicted octanol–water partition coefficient (Wildman–Crippen LogP) is 2.49. The maximum atomic E-state index is 12.3. The van der Waals surface area contributed by atoms with Crippen LogP contribution in [0.1, 0.15) is 44.1 Å². The van der Waals surface area contributed by atoms with E-state index in [0.717, 1.165) is 5.56 Å². The molecule has 3 amide bonds. The fourth-order valence-corrected chi connectivity index (χ4v) is 2.92. The summed E-state index contributed by atoms with van der Waals surface area (Å²) in [5, 5.41) is 7.10. The molecule has 3 rings (SSSR count). The second kappa shape index (κ2) is 8.04. The van der Waals surface area contributed by atoms with E-state index in [2.05, 4.69) is 10.5 Å². The zero-order valence-corrected chi connectivity index (χ0v) is 16.5. The van der Waals surface area contributed by atoms with Crippen LogP contribution >= 0.6 is 0 Å². The standard InChI is InChI=1S/C20H24N4O5/c1-20(2,3)28-19(27)24(21)18(26)13-9-14(10-13)22-17(25)15-11-16(29-23-15)12-7-5-4-6-8-12/h4-8,11,13-14H,9-10,21H2,1-3H3,(H,22,25). The summed E-state index contributed by atoms with van der Waals surface area (Å²) in [5.41, 5.74) is 0.229. The lowest BCUT2D eigenvalue weighted by Gasteiger charge is -2.36. The smallest absolute Gasteiger partial charge is 0.431 e. The van der Waals surface area contributed by atoms with Gasteiger partial charge in [-0.25, -0.2) is 10.6 Å². The number of rotatable bonds is 4. The number of hydrogen-bond donors (Lipinski definition) is 2. The molecule has 0 atom stereocenters. The summed E-state index contributed by atoms with van der Waals surface area (Å²) in [7, 11) is 0. The Balaban J connectivity index is 1.49. The summed E-state index contributed by atoms with van der Waals surface area (Å²) < 4.78 is 10.3. The van der Waals surface area contributed by atoms with Gasteiger partial charge in [-0.2, -0.15) is 5.01 Å². The van der Waals surface area contributed by atoms with Crippen molar-refractivity contribution in [2.24, 2.45) is 11.8 Å². The number of hydrogen-bond acceptors (Lipinski definition) is 7. The Bertz CT molecular complexity index is 897. The number of amides is 3. The van der Waals surface area contributed by atoms with Crippen molar-refractivity contribution in [3.8, 4) is 11.3 Å². The van der Waals surface area contributed by atoms with Crippen molar-refractivity contribution >= 4 is 17.9 Å². The summed E-state index contributed by atoms with van der Waals surface area (Å²) in [6.07, 6.45) is -0.138. The fourth-order valence-electron chi connectivity index (χ4n) is 2.92. The number of nitrogens with two attached hydrogens (primary N) is 1. The molecule has 3 N–H and O–H groups in total. The molecule has 1 aliphatic rings. The molecule has 0 aliphatic heterocycles. The van der Waals surface area contributed by atoms with E-state index in [9.17, 15) is 14.4 Å². The van der Waals surface area contributed by atoms with Gasteiger partial charge in [-0.05, 0) is 33.6 Å². The van der Waals surface area contributed by atoms with Gasteiger partial charge in [-0.1, -0.05) is 35.5 Å². The molecule has 9 heteroatoms. The molecule has 9 nitrogen and oxygen atoms in total. The van der Waals surface area contributed by atoms with E-state index in [-0.39, 0.29) is 17.6 Å². The van der Waals surface area contributed by atoms with Crippen molar-refractivity contribution < 1.29 is 23.6 Å². The predicted molar refractivity (Wildman–Crippen MR) is 103 cm³/mol. The normalized spacial score (nSPS) is 18.5. The molecule has 29 heavy (non-hydrogen) atoms. The first-order valence-corrected chi connectivity index (χ1v) is 9.28. The van der Waals surface area contributed by atoms with Crippen LogP contribution in [0.15, 0.2) is 40.9 Å². The van der Waals surface area contributed by atoms with Crippen LogP contribution in [0.5, 0.6) is 0 Å². The zero-order valence-electron chi connectivity index (χ0n) is 16.5. The Hall–Kier alpha value is -3.20. The molecule has 1 aromatic heterocycles. The second-order valence-corrected chi connectivity index (χ2v) is 7.97. The van der Waals surface area contributed by atoms with E-state index in [1.807, 2.05) is 30.3 Å². The van der Waals surface area contributed by atoms with Gasteiger partial charge in [-0.15, -0.1) is 0 Å². The van der Waals surface area contributed by atoms with Crippen LogP contribution in [0.3, 0.4) is 0 Å². The van der Waals surface area contributed by atoms with Crippen molar-refractivity contribution in [3.05, 3.63) is 42.1 Å². The number of carbonyl (C=O) groups excluding carboxylic acids is 3. The van der Waals surface area contributed by atoms with Crippen LogP contribution in [0, 0.1) is 5.92 Å². The van der Waals surface area contributed by atoms with E-state index < -0.39 is 23.5 Å². The highest BCUT2D eigenvalue weighted by Crippen LogP contribution is 2.29. The Morgan fingerprint density at radius 1 is 1.21 bits per heavy atom. The third-order valence-corrected chi connectivity index (χ3v) is 4.45. The lowest BCUT2D eigenvalue weighted by Crippen LogP contribution is -2.54. The molecular weight excluding hydrogens is 376 g/mol. The molecule has 0 bridgehead atoms. The average molecular weight is 400 g/mol. The van der Waals surface area contributed by atoms with E-state index in [1.54, 1.807) is 26.8 Å². The number of nitrogens with zero attached hydrogens (tertiary/aromatic N) is 2. The lowest BCUT2D eigenvalue weighted by molar-refractivity contribution is -0.138. The van der Waals surface area contributed by atoms with Crippen LogP contribution in [-0.4, -0.2) is 39.7 Å². The number of carbonyl (C=O) groups is 3. The number of hydrazine groups is 1. The minimum Gasteiger partial charge on any atom is -0.442 e. The zero-order chi connectivity index (χ0) is 21.2. The lowest BCUT2D eigenvalue weighted by atomic mass is 9.79. The molecule has 0 unspecified atom stereocenters. The van der Waals surface area contributed by atoms with E-state index >= 15 is 0 Å². The summed E-state index contributed by atoms with van der Waals surface area (Å²) in [6.45, 7) is 5.06. The summed E-state index contributed by atoms with van der Waals surface area (Å²) >= 11 is 0. The van der Waals surface area contributed by atoms with Gasteiger partial charge < -0.3 is 14.6 Å². The Kier molecular flexibility index (Phi) is 5.69. The van der Waals surface area contributed by atoms with Gasteiger partial charge in [0.05, 0.1) is 0 Å². The van der Waals surface area contributed by atoms with Gasteiger partial charge in [-0.3, -0.25) is 9.59 Å². The van der Waals surface area contributed by atoms with Gasteiger partial charge >= 0.3 is 6.09 Å². The largest absolute Gasteiger partial charge is 0.442 e. The molecule has 0 spiro atoms. The Morgan fingerprint density at radius 2 is 1.86 bits per heavy atom. The summed E-state index contributed by atoms with van der Waals surface area (Å²) in [6, 6.07) is 10.7. The van der Waals surface area contributed by atoms with E-state index in [4.69, 9.17) is 15.1 Å². The van der Waals surface area contributed by atoms with Crippen LogP contribution in [-0.2, 0) is 9.53 Å². The quantitative estimate of drug-likeness (QED) is 0.458. The summed E-state index contributed by atoms with van der Waals surface area (Å²) in [5.74, 6) is 4.70. The average Bonchev–Trinajstić information content (AvgIpc) is 3.12. The van der Waals surface area contributed by atoms with Crippen LogP contribution < -0.4 is 11.2 Å². The number of benzene rings is 1. The Labute approximate surface area is 168 Å². The fraction of sp³-hybridized carbons (Fsp3) is 0.400.